The van der Waals surface area contributed by atoms with E-state index in [1.54, 1.807) is 17.4 Å². The highest BCUT2D eigenvalue weighted by Gasteiger charge is 2.13. The molecule has 0 spiro atoms. The number of aromatic nitrogens is 1. The van der Waals surface area contributed by atoms with E-state index in [1.807, 2.05) is 44.2 Å². The molecule has 5 heteroatoms. The van der Waals surface area contributed by atoms with Gasteiger partial charge in [0.15, 0.2) is 5.78 Å². The second kappa shape index (κ2) is 7.15. The van der Waals surface area contributed by atoms with Gasteiger partial charge in [-0.1, -0.05) is 13.0 Å². The van der Waals surface area contributed by atoms with Crippen molar-refractivity contribution in [2.24, 2.45) is 0 Å². The minimum atomic E-state index is -0.340. The number of ether oxygens (including phenoxy) is 1. The number of nitrogens with zero attached hydrogens (tertiary/aromatic N) is 1. The van der Waals surface area contributed by atoms with Gasteiger partial charge in [0, 0.05) is 17.5 Å². The zero-order valence-corrected chi connectivity index (χ0v) is 15.3. The molecule has 0 aliphatic rings. The zero-order chi connectivity index (χ0) is 18.0. The molecule has 0 saturated carbocycles. The zero-order valence-electron chi connectivity index (χ0n) is 14.5. The highest BCUT2D eigenvalue weighted by atomic mass is 32.1. The first-order chi connectivity index (χ1) is 12.0. The van der Waals surface area contributed by atoms with Gasteiger partial charge in [-0.05, 0) is 49.2 Å². The molecule has 1 heterocycles. The van der Waals surface area contributed by atoms with E-state index in [-0.39, 0.29) is 11.8 Å². The highest BCUT2D eigenvalue weighted by Crippen LogP contribution is 2.32. The Kier molecular flexibility index (Phi) is 4.95. The summed E-state index contributed by atoms with van der Waals surface area (Å²) < 4.78 is 5.77. The normalized spacial score (nSPS) is 10.8. The second-order valence-corrected chi connectivity index (χ2v) is 6.93. The molecule has 0 unspecified atom stereocenters. The number of carbonyl (C=O) groups is 2. The van der Waals surface area contributed by atoms with Crippen molar-refractivity contribution >= 4 is 33.3 Å². The summed E-state index contributed by atoms with van der Waals surface area (Å²) in [5.41, 5.74) is 3.97. The monoisotopic (exact) mass is 353 g/mol. The number of benzene rings is 2. The van der Waals surface area contributed by atoms with Crippen LogP contribution < -0.4 is 0 Å². The molecule has 4 nitrogen and oxygen atoms in total. The van der Waals surface area contributed by atoms with E-state index < -0.39 is 0 Å². The van der Waals surface area contributed by atoms with Crippen molar-refractivity contribution in [3.8, 4) is 10.6 Å². The molecule has 0 N–H and O–H groups in total. The minimum absolute atomic E-state index is 0.164. The van der Waals surface area contributed by atoms with E-state index in [9.17, 15) is 9.59 Å². The lowest BCUT2D eigenvalue weighted by Gasteiger charge is -2.05. The summed E-state index contributed by atoms with van der Waals surface area (Å²) >= 11 is 1.55. The lowest BCUT2D eigenvalue weighted by molar-refractivity contribution is 0.0600. The number of aryl methyl sites for hydroxylation is 1. The van der Waals surface area contributed by atoms with E-state index in [2.05, 4.69) is 4.98 Å². The molecule has 0 atom stereocenters. The number of Topliss-reactive ketones (excluding diaryl/α,β-unsaturated/α-hetero) is 1. The number of esters is 1. The fourth-order valence-corrected chi connectivity index (χ4v) is 3.73. The van der Waals surface area contributed by atoms with Crippen molar-refractivity contribution in [1.29, 1.82) is 0 Å². The van der Waals surface area contributed by atoms with Gasteiger partial charge in [0.1, 0.15) is 5.01 Å². The Morgan fingerprint density at radius 1 is 1.16 bits per heavy atom. The van der Waals surface area contributed by atoms with Crippen LogP contribution in [0.1, 0.15) is 46.0 Å². The highest BCUT2D eigenvalue weighted by molar-refractivity contribution is 7.21. The summed E-state index contributed by atoms with van der Waals surface area (Å²) in [6, 6.07) is 11.2. The predicted molar refractivity (Wildman–Crippen MR) is 100 cm³/mol. The summed E-state index contributed by atoms with van der Waals surface area (Å²) in [5.74, 6) is -0.176. The van der Waals surface area contributed by atoms with Crippen LogP contribution in [0.3, 0.4) is 0 Å². The molecule has 0 fully saturated rings. The minimum Gasteiger partial charge on any atom is -0.465 e. The van der Waals surface area contributed by atoms with Crippen molar-refractivity contribution in [2.45, 2.75) is 26.7 Å². The fourth-order valence-electron chi connectivity index (χ4n) is 2.73. The first kappa shape index (κ1) is 17.3. The van der Waals surface area contributed by atoms with Gasteiger partial charge in [0.05, 0.1) is 22.9 Å². The van der Waals surface area contributed by atoms with Crippen LogP contribution in [-0.2, 0) is 4.74 Å². The maximum Gasteiger partial charge on any atom is 0.338 e. The van der Waals surface area contributed by atoms with Gasteiger partial charge in [-0.3, -0.25) is 4.79 Å². The van der Waals surface area contributed by atoms with Gasteiger partial charge in [0.25, 0.3) is 0 Å². The standard InChI is InChI=1S/C20H19NO3S/c1-4-5-17(22)13-7-9-16-18(11-13)25-19(21-16)14-6-8-15(12(2)10-14)20(23)24-3/h6-11H,4-5H2,1-3H3. The molecule has 0 aliphatic heterocycles. The Balaban J connectivity index is 1.98. The number of methoxy groups -OCH3 is 1. The van der Waals surface area contributed by atoms with E-state index in [0.29, 0.717) is 12.0 Å². The van der Waals surface area contributed by atoms with Crippen molar-refractivity contribution in [2.75, 3.05) is 7.11 Å². The van der Waals surface area contributed by atoms with Gasteiger partial charge >= 0.3 is 5.97 Å². The van der Waals surface area contributed by atoms with E-state index in [0.717, 1.165) is 38.3 Å². The molecule has 3 aromatic rings. The average molecular weight is 353 g/mol. The second-order valence-electron chi connectivity index (χ2n) is 5.90. The van der Waals surface area contributed by atoms with Crippen molar-refractivity contribution in [3.63, 3.8) is 0 Å². The lowest BCUT2D eigenvalue weighted by atomic mass is 10.1. The number of hydrogen-bond donors (Lipinski definition) is 0. The van der Waals surface area contributed by atoms with E-state index in [1.165, 1.54) is 7.11 Å². The Morgan fingerprint density at radius 2 is 1.96 bits per heavy atom. The summed E-state index contributed by atoms with van der Waals surface area (Å²) in [6.45, 7) is 3.88. The van der Waals surface area contributed by atoms with Crippen LogP contribution in [0.15, 0.2) is 36.4 Å². The number of fused-ring (bicyclic) bond motifs is 1. The summed E-state index contributed by atoms with van der Waals surface area (Å²) in [6.07, 6.45) is 1.40. The van der Waals surface area contributed by atoms with Crippen molar-refractivity contribution in [3.05, 3.63) is 53.1 Å². The molecule has 128 valence electrons. The number of carbonyl (C=O) groups excluding carboxylic acids is 2. The van der Waals surface area contributed by atoms with Crippen LogP contribution in [0.2, 0.25) is 0 Å². The fraction of sp³-hybridized carbons (Fsp3) is 0.250. The first-order valence-electron chi connectivity index (χ1n) is 8.16. The largest absolute Gasteiger partial charge is 0.465 e. The molecular weight excluding hydrogens is 334 g/mol. The number of ketones is 1. The first-order valence-corrected chi connectivity index (χ1v) is 8.98. The van der Waals surface area contributed by atoms with Crippen LogP contribution in [0.25, 0.3) is 20.8 Å². The third kappa shape index (κ3) is 3.46. The van der Waals surface area contributed by atoms with Crippen LogP contribution in [0, 0.1) is 6.92 Å². The molecular formula is C20H19NO3S. The van der Waals surface area contributed by atoms with Gasteiger partial charge in [-0.2, -0.15) is 0 Å². The SMILES string of the molecule is CCCC(=O)c1ccc2nc(-c3ccc(C(=O)OC)c(C)c3)sc2c1. The molecule has 0 bridgehead atoms. The van der Waals surface area contributed by atoms with Gasteiger partial charge in [-0.25, -0.2) is 9.78 Å². The molecule has 0 amide bonds. The summed E-state index contributed by atoms with van der Waals surface area (Å²) in [4.78, 5) is 28.4. The average Bonchev–Trinajstić information content (AvgIpc) is 3.04. The van der Waals surface area contributed by atoms with Crippen molar-refractivity contribution in [1.82, 2.24) is 4.98 Å². The number of thiazole rings is 1. The van der Waals surface area contributed by atoms with Gasteiger partial charge in [-0.15, -0.1) is 11.3 Å². The van der Waals surface area contributed by atoms with Crippen LogP contribution in [0.4, 0.5) is 0 Å². The lowest BCUT2D eigenvalue weighted by Crippen LogP contribution is -2.03. The van der Waals surface area contributed by atoms with Crippen LogP contribution in [-0.4, -0.2) is 23.8 Å². The Labute approximate surface area is 150 Å². The maximum absolute atomic E-state index is 12.1. The molecule has 0 aliphatic carbocycles. The Hall–Kier alpha value is -2.53. The van der Waals surface area contributed by atoms with Gasteiger partial charge in [0.2, 0.25) is 0 Å². The van der Waals surface area contributed by atoms with Crippen LogP contribution in [0.5, 0.6) is 0 Å². The predicted octanol–water partition coefficient (Wildman–Crippen LogP) is 5.04. The smallest absolute Gasteiger partial charge is 0.338 e. The number of hydrogen-bond acceptors (Lipinski definition) is 5. The van der Waals surface area contributed by atoms with E-state index in [4.69, 9.17) is 4.74 Å². The third-order valence-electron chi connectivity index (χ3n) is 4.07. The molecule has 3 rings (SSSR count). The van der Waals surface area contributed by atoms with Gasteiger partial charge < -0.3 is 4.74 Å². The molecule has 2 aromatic carbocycles. The molecule has 25 heavy (non-hydrogen) atoms. The van der Waals surface area contributed by atoms with Crippen molar-refractivity contribution < 1.29 is 14.3 Å². The summed E-state index contributed by atoms with van der Waals surface area (Å²) in [7, 11) is 1.38. The Bertz CT molecular complexity index is 959. The molecule has 0 saturated heterocycles. The Morgan fingerprint density at radius 3 is 2.64 bits per heavy atom. The quantitative estimate of drug-likeness (QED) is 0.476. The third-order valence-corrected chi connectivity index (χ3v) is 5.13. The van der Waals surface area contributed by atoms with E-state index >= 15 is 0 Å². The molecule has 1 aromatic heterocycles. The summed E-state index contributed by atoms with van der Waals surface area (Å²) in [5, 5.41) is 0.870. The molecule has 0 radical (unpaired) electrons. The van der Waals surface area contributed by atoms with Crippen LogP contribution >= 0.6 is 11.3 Å². The topological polar surface area (TPSA) is 56.3 Å². The number of rotatable bonds is 5. The maximum atomic E-state index is 12.1.